The molecular formula is C15H25N3O2. The number of carboxylic acids is 1. The van der Waals surface area contributed by atoms with E-state index in [1.54, 1.807) is 0 Å². The van der Waals surface area contributed by atoms with Gasteiger partial charge in [0, 0.05) is 30.9 Å². The summed E-state index contributed by atoms with van der Waals surface area (Å²) in [4.78, 5) is 13.8. The molecule has 2 atom stereocenters. The lowest BCUT2D eigenvalue weighted by Crippen LogP contribution is -2.35. The largest absolute Gasteiger partial charge is 0.481 e. The van der Waals surface area contributed by atoms with E-state index in [4.69, 9.17) is 0 Å². The van der Waals surface area contributed by atoms with Crippen molar-refractivity contribution in [2.24, 2.45) is 12.5 Å². The minimum atomic E-state index is -0.658. The zero-order valence-corrected chi connectivity index (χ0v) is 13.1. The number of carboxylic acid groups (broad SMARTS) is 1. The smallest absolute Gasteiger partial charge is 0.310 e. The summed E-state index contributed by atoms with van der Waals surface area (Å²) in [5, 5.41) is 14.0. The highest BCUT2D eigenvalue weighted by molar-refractivity contribution is 5.75. The van der Waals surface area contributed by atoms with Crippen molar-refractivity contribution in [1.29, 1.82) is 0 Å². The Morgan fingerprint density at radius 3 is 2.55 bits per heavy atom. The number of aryl methyl sites for hydroxylation is 2. The first-order chi connectivity index (χ1) is 9.32. The number of hydrogen-bond acceptors (Lipinski definition) is 3. The topological polar surface area (TPSA) is 58.4 Å². The van der Waals surface area contributed by atoms with Gasteiger partial charge in [-0.05, 0) is 40.2 Å². The average molecular weight is 279 g/mol. The lowest BCUT2D eigenvalue weighted by Gasteiger charge is -2.27. The first kappa shape index (κ1) is 15.0. The van der Waals surface area contributed by atoms with Crippen molar-refractivity contribution in [3.8, 4) is 0 Å². The van der Waals surface area contributed by atoms with Crippen molar-refractivity contribution in [2.75, 3.05) is 13.1 Å². The summed E-state index contributed by atoms with van der Waals surface area (Å²) in [5.41, 5.74) is 2.88. The van der Waals surface area contributed by atoms with Crippen molar-refractivity contribution >= 4 is 5.97 Å². The fraction of sp³-hybridized carbons (Fsp3) is 0.733. The normalized spacial score (nSPS) is 25.1. The van der Waals surface area contributed by atoms with Gasteiger partial charge < -0.3 is 5.11 Å². The van der Waals surface area contributed by atoms with Gasteiger partial charge in [0.2, 0.25) is 0 Å². The van der Waals surface area contributed by atoms with Crippen LogP contribution in [0.5, 0.6) is 0 Å². The maximum Gasteiger partial charge on any atom is 0.310 e. The van der Waals surface area contributed by atoms with Gasteiger partial charge in [0.25, 0.3) is 0 Å². The Morgan fingerprint density at radius 1 is 1.50 bits per heavy atom. The minimum absolute atomic E-state index is 0.219. The zero-order valence-electron chi connectivity index (χ0n) is 13.1. The van der Waals surface area contributed by atoms with E-state index in [0.717, 1.165) is 18.7 Å². The Hall–Kier alpha value is -1.36. The molecule has 1 saturated heterocycles. The van der Waals surface area contributed by atoms with Crippen molar-refractivity contribution < 1.29 is 9.90 Å². The Bertz CT molecular complexity index is 523. The molecule has 5 nitrogen and oxygen atoms in total. The second-order valence-corrected chi connectivity index (χ2v) is 6.04. The van der Waals surface area contributed by atoms with E-state index < -0.39 is 11.4 Å². The molecule has 20 heavy (non-hydrogen) atoms. The second kappa shape index (κ2) is 5.20. The molecule has 0 radical (unpaired) electrons. The SMILES string of the molecule is CCC1(C(=O)O)CCN(C(C)c2c(C)nn(C)c2C)C1. The molecule has 0 bridgehead atoms. The van der Waals surface area contributed by atoms with Gasteiger partial charge in [0.05, 0.1) is 11.1 Å². The minimum Gasteiger partial charge on any atom is -0.481 e. The third-order valence-electron chi connectivity index (χ3n) is 5.04. The second-order valence-electron chi connectivity index (χ2n) is 6.04. The van der Waals surface area contributed by atoms with Crippen molar-refractivity contribution in [2.45, 2.75) is 46.6 Å². The van der Waals surface area contributed by atoms with Crippen molar-refractivity contribution in [3.05, 3.63) is 17.0 Å². The van der Waals surface area contributed by atoms with E-state index in [1.807, 2.05) is 25.6 Å². The van der Waals surface area contributed by atoms with Crippen LogP contribution in [0.15, 0.2) is 0 Å². The van der Waals surface area contributed by atoms with E-state index in [2.05, 4.69) is 23.8 Å². The molecule has 1 aromatic heterocycles. The molecule has 0 amide bonds. The van der Waals surface area contributed by atoms with Crippen LogP contribution in [0.3, 0.4) is 0 Å². The molecule has 5 heteroatoms. The molecule has 0 aromatic carbocycles. The highest BCUT2D eigenvalue weighted by atomic mass is 16.4. The summed E-state index contributed by atoms with van der Waals surface area (Å²) in [5.74, 6) is -0.658. The summed E-state index contributed by atoms with van der Waals surface area (Å²) >= 11 is 0. The summed E-state index contributed by atoms with van der Waals surface area (Å²) in [7, 11) is 1.95. The maximum atomic E-state index is 11.6. The molecular weight excluding hydrogens is 254 g/mol. The summed E-state index contributed by atoms with van der Waals surface area (Å²) < 4.78 is 1.90. The summed E-state index contributed by atoms with van der Waals surface area (Å²) in [6.45, 7) is 9.71. The van der Waals surface area contributed by atoms with Gasteiger partial charge in [0.1, 0.15) is 0 Å². The predicted molar refractivity (Wildman–Crippen MR) is 77.6 cm³/mol. The van der Waals surface area contributed by atoms with Crippen molar-refractivity contribution in [3.63, 3.8) is 0 Å². The molecule has 2 rings (SSSR count). The number of carbonyl (C=O) groups is 1. The lowest BCUT2D eigenvalue weighted by atomic mass is 9.84. The van der Waals surface area contributed by atoms with Crippen LogP contribution >= 0.6 is 0 Å². The van der Waals surface area contributed by atoms with Crippen LogP contribution in [0.4, 0.5) is 0 Å². The fourth-order valence-corrected chi connectivity index (χ4v) is 3.43. The number of nitrogens with zero attached hydrogens (tertiary/aromatic N) is 3. The van der Waals surface area contributed by atoms with Crippen LogP contribution in [-0.2, 0) is 11.8 Å². The zero-order chi connectivity index (χ0) is 15.1. The first-order valence-electron chi connectivity index (χ1n) is 7.30. The van der Waals surface area contributed by atoms with E-state index in [1.165, 1.54) is 11.3 Å². The summed E-state index contributed by atoms with van der Waals surface area (Å²) in [6.07, 6.45) is 1.43. The number of hydrogen-bond donors (Lipinski definition) is 1. The lowest BCUT2D eigenvalue weighted by molar-refractivity contribution is -0.148. The molecule has 1 aromatic rings. The third kappa shape index (κ3) is 2.24. The van der Waals surface area contributed by atoms with E-state index >= 15 is 0 Å². The first-order valence-corrected chi connectivity index (χ1v) is 7.30. The average Bonchev–Trinajstić information content (AvgIpc) is 2.93. The molecule has 112 valence electrons. The van der Waals surface area contributed by atoms with Crippen LogP contribution in [0.25, 0.3) is 0 Å². The van der Waals surface area contributed by atoms with E-state index in [9.17, 15) is 9.90 Å². The van der Waals surface area contributed by atoms with Crippen molar-refractivity contribution in [1.82, 2.24) is 14.7 Å². The standard InChI is InChI=1S/C15H25N3O2/c1-6-15(14(19)20)7-8-18(9-15)12(4)13-10(2)16-17(5)11(13)3/h12H,6-9H2,1-5H3,(H,19,20). The molecule has 0 spiro atoms. The molecule has 2 unspecified atom stereocenters. The highest BCUT2D eigenvalue weighted by Gasteiger charge is 2.44. The molecule has 1 fully saturated rings. The Kier molecular flexibility index (Phi) is 3.91. The van der Waals surface area contributed by atoms with E-state index in [0.29, 0.717) is 13.0 Å². The monoisotopic (exact) mass is 279 g/mol. The van der Waals surface area contributed by atoms with Gasteiger partial charge in [0.15, 0.2) is 0 Å². The molecule has 1 aliphatic heterocycles. The molecule has 0 aliphatic carbocycles. The van der Waals surface area contributed by atoms with E-state index in [-0.39, 0.29) is 6.04 Å². The van der Waals surface area contributed by atoms with Crippen LogP contribution < -0.4 is 0 Å². The maximum absolute atomic E-state index is 11.6. The van der Waals surface area contributed by atoms with Crippen LogP contribution in [0.1, 0.15) is 49.7 Å². The highest BCUT2D eigenvalue weighted by Crippen LogP contribution is 2.39. The fourth-order valence-electron chi connectivity index (χ4n) is 3.43. The molecule has 1 N–H and O–H groups in total. The molecule has 1 aliphatic rings. The molecule has 0 saturated carbocycles. The van der Waals surface area contributed by atoms with Crippen LogP contribution in [0.2, 0.25) is 0 Å². The summed E-state index contributed by atoms with van der Waals surface area (Å²) in [6, 6.07) is 0.219. The number of aromatic nitrogens is 2. The van der Waals surface area contributed by atoms with Gasteiger partial charge >= 0.3 is 5.97 Å². The van der Waals surface area contributed by atoms with Gasteiger partial charge in [-0.25, -0.2) is 0 Å². The van der Waals surface area contributed by atoms with Crippen LogP contribution in [0, 0.1) is 19.3 Å². The quantitative estimate of drug-likeness (QED) is 0.918. The van der Waals surface area contributed by atoms with Gasteiger partial charge in [-0.15, -0.1) is 0 Å². The number of rotatable bonds is 4. The van der Waals surface area contributed by atoms with Gasteiger partial charge in [-0.1, -0.05) is 6.92 Å². The number of aliphatic carboxylic acids is 1. The van der Waals surface area contributed by atoms with Gasteiger partial charge in [-0.3, -0.25) is 14.4 Å². The number of likely N-dealkylation sites (tertiary alicyclic amines) is 1. The van der Waals surface area contributed by atoms with Crippen LogP contribution in [-0.4, -0.2) is 38.8 Å². The Morgan fingerprint density at radius 2 is 2.15 bits per heavy atom. The predicted octanol–water partition coefficient (Wildman–Crippen LogP) is 2.28. The third-order valence-corrected chi connectivity index (χ3v) is 5.04. The molecule has 2 heterocycles. The Labute approximate surface area is 120 Å². The van der Waals surface area contributed by atoms with Gasteiger partial charge in [-0.2, -0.15) is 5.10 Å². The Balaban J connectivity index is 2.24.